The number of carbonyl (C=O) groups excluding carboxylic acids is 1. The summed E-state index contributed by atoms with van der Waals surface area (Å²) in [5.41, 5.74) is 5.86. The molecule has 0 fully saturated rings. The topological polar surface area (TPSA) is 44.4 Å². The van der Waals surface area contributed by atoms with E-state index in [-0.39, 0.29) is 5.97 Å². The fraction of sp³-hybridized carbons (Fsp3) is 0.107. The number of fused-ring (bicyclic) bond motifs is 1. The monoisotopic (exact) mass is 455 g/mol. The molecule has 3 aromatic carbocycles. The molecule has 0 aliphatic rings. The highest BCUT2D eigenvalue weighted by Crippen LogP contribution is 2.42. The van der Waals surface area contributed by atoms with Gasteiger partial charge in [0.2, 0.25) is 0 Å². The zero-order valence-electron chi connectivity index (χ0n) is 18.1. The predicted octanol–water partition coefficient (Wildman–Crippen LogP) is 7.45. The number of furan rings is 1. The number of nitrogens with zero attached hydrogens (tertiary/aromatic N) is 1. The van der Waals surface area contributed by atoms with E-state index in [0.29, 0.717) is 29.5 Å². The molecule has 2 heterocycles. The minimum Gasteiger partial charge on any atom is -0.461 e. The first kappa shape index (κ1) is 21.1. The Bertz CT molecular complexity index is 1400. The molecule has 0 aliphatic carbocycles. The van der Waals surface area contributed by atoms with Crippen LogP contribution in [0.1, 0.15) is 23.0 Å². The first-order chi connectivity index (χ1) is 16.2. The summed E-state index contributed by atoms with van der Waals surface area (Å²) in [5.74, 6) is 0.378. The molecule has 0 amide bonds. The Hall–Kier alpha value is -3.76. The van der Waals surface area contributed by atoms with Crippen LogP contribution < -0.4 is 0 Å². The van der Waals surface area contributed by atoms with Gasteiger partial charge in [0.05, 0.1) is 17.7 Å². The van der Waals surface area contributed by atoms with Gasteiger partial charge in [0.25, 0.3) is 0 Å². The highest BCUT2D eigenvalue weighted by Gasteiger charge is 2.26. The van der Waals surface area contributed by atoms with Crippen LogP contribution in [-0.4, -0.2) is 17.1 Å². The number of rotatable bonds is 6. The summed E-state index contributed by atoms with van der Waals surface area (Å²) in [5, 5.41) is 0.659. The van der Waals surface area contributed by atoms with Gasteiger partial charge in [-0.25, -0.2) is 4.79 Å². The fourth-order valence-corrected chi connectivity index (χ4v) is 4.24. The third-order valence-electron chi connectivity index (χ3n) is 5.57. The Kier molecular flexibility index (Phi) is 5.76. The largest absolute Gasteiger partial charge is 0.461 e. The van der Waals surface area contributed by atoms with E-state index in [2.05, 4.69) is 0 Å². The Morgan fingerprint density at radius 1 is 0.909 bits per heavy atom. The average Bonchev–Trinajstić information content (AvgIpc) is 3.38. The van der Waals surface area contributed by atoms with E-state index in [4.69, 9.17) is 20.8 Å². The number of carbonyl (C=O) groups is 1. The minimum absolute atomic E-state index is 0.302. The highest BCUT2D eigenvalue weighted by molar-refractivity contribution is 6.30. The van der Waals surface area contributed by atoms with Gasteiger partial charge in [0.15, 0.2) is 5.58 Å². The number of hydrogen-bond donors (Lipinski definition) is 0. The standard InChI is InChI=1S/C28H22ClNO3/c1-2-32-28(31)23-17-24-26(30(23)18-19-9-5-3-6-10-19)25(20-13-15-22(29)16-14-20)27(33-24)21-11-7-4-8-12-21/h3-17H,2,18H2,1H3. The van der Waals surface area contributed by atoms with Gasteiger partial charge in [-0.05, 0) is 30.2 Å². The Balaban J connectivity index is 1.80. The van der Waals surface area contributed by atoms with Crippen molar-refractivity contribution in [1.29, 1.82) is 0 Å². The molecule has 0 saturated carbocycles. The summed E-state index contributed by atoms with van der Waals surface area (Å²) in [4.78, 5) is 12.9. The van der Waals surface area contributed by atoms with Gasteiger partial charge in [-0.2, -0.15) is 0 Å². The first-order valence-corrected chi connectivity index (χ1v) is 11.2. The molecule has 0 spiro atoms. The Morgan fingerprint density at radius 2 is 1.58 bits per heavy atom. The second-order valence-electron chi connectivity index (χ2n) is 7.71. The van der Waals surface area contributed by atoms with Crippen molar-refractivity contribution in [3.05, 3.63) is 107 Å². The maximum Gasteiger partial charge on any atom is 0.355 e. The quantitative estimate of drug-likeness (QED) is 0.250. The maximum atomic E-state index is 12.9. The molecule has 0 aliphatic heterocycles. The van der Waals surface area contributed by atoms with Crippen LogP contribution in [0, 0.1) is 0 Å². The lowest BCUT2D eigenvalue weighted by Gasteiger charge is -2.12. The summed E-state index contributed by atoms with van der Waals surface area (Å²) in [6, 6.07) is 29.5. The molecule has 5 rings (SSSR count). The zero-order chi connectivity index (χ0) is 22.8. The molecular formula is C28H22ClNO3. The SMILES string of the molecule is CCOC(=O)c1cc2oc(-c3ccccc3)c(-c3ccc(Cl)cc3)c2n1Cc1ccccc1. The second-order valence-corrected chi connectivity index (χ2v) is 8.15. The van der Waals surface area contributed by atoms with Crippen LogP contribution in [0.3, 0.4) is 0 Å². The number of ether oxygens (including phenoxy) is 1. The van der Waals surface area contributed by atoms with Crippen molar-refractivity contribution in [2.24, 2.45) is 0 Å². The second kappa shape index (κ2) is 9.00. The van der Waals surface area contributed by atoms with E-state index >= 15 is 0 Å². The molecule has 0 bridgehead atoms. The third-order valence-corrected chi connectivity index (χ3v) is 5.83. The van der Waals surface area contributed by atoms with Crippen molar-refractivity contribution in [2.75, 3.05) is 6.61 Å². The molecule has 0 unspecified atom stereocenters. The van der Waals surface area contributed by atoms with E-state index in [9.17, 15) is 4.79 Å². The average molecular weight is 456 g/mol. The molecule has 5 aromatic rings. The smallest absolute Gasteiger partial charge is 0.355 e. The molecule has 164 valence electrons. The maximum absolute atomic E-state index is 12.9. The summed E-state index contributed by atoms with van der Waals surface area (Å²) >= 11 is 6.18. The summed E-state index contributed by atoms with van der Waals surface area (Å²) in [7, 11) is 0. The summed E-state index contributed by atoms with van der Waals surface area (Å²) in [6.07, 6.45) is 0. The van der Waals surface area contributed by atoms with E-state index in [1.807, 2.05) is 89.5 Å². The van der Waals surface area contributed by atoms with Crippen molar-refractivity contribution in [1.82, 2.24) is 4.57 Å². The lowest BCUT2D eigenvalue weighted by Crippen LogP contribution is -2.13. The van der Waals surface area contributed by atoms with Gasteiger partial charge in [0.1, 0.15) is 11.5 Å². The molecule has 2 aromatic heterocycles. The Morgan fingerprint density at radius 3 is 2.24 bits per heavy atom. The lowest BCUT2D eigenvalue weighted by atomic mass is 10.0. The molecule has 0 saturated heterocycles. The molecule has 4 nitrogen and oxygen atoms in total. The number of hydrogen-bond acceptors (Lipinski definition) is 3. The highest BCUT2D eigenvalue weighted by atomic mass is 35.5. The van der Waals surface area contributed by atoms with Gasteiger partial charge in [-0.3, -0.25) is 0 Å². The lowest BCUT2D eigenvalue weighted by molar-refractivity contribution is 0.0515. The molecule has 0 radical (unpaired) electrons. The van der Waals surface area contributed by atoms with Gasteiger partial charge in [-0.15, -0.1) is 0 Å². The van der Waals surface area contributed by atoms with Crippen LogP contribution in [0.2, 0.25) is 5.02 Å². The van der Waals surface area contributed by atoms with Gasteiger partial charge < -0.3 is 13.7 Å². The number of benzene rings is 3. The first-order valence-electron chi connectivity index (χ1n) is 10.8. The van der Waals surface area contributed by atoms with Gasteiger partial charge in [0, 0.05) is 23.2 Å². The molecular weight excluding hydrogens is 434 g/mol. The van der Waals surface area contributed by atoms with Crippen molar-refractivity contribution >= 4 is 28.7 Å². The van der Waals surface area contributed by atoms with Crippen LogP contribution >= 0.6 is 11.6 Å². The molecule has 5 heteroatoms. The van der Waals surface area contributed by atoms with Gasteiger partial charge in [-0.1, -0.05) is 84.4 Å². The van der Waals surface area contributed by atoms with Crippen molar-refractivity contribution in [3.8, 4) is 22.5 Å². The van der Waals surface area contributed by atoms with Crippen molar-refractivity contribution in [3.63, 3.8) is 0 Å². The number of halogens is 1. The number of aromatic nitrogens is 1. The van der Waals surface area contributed by atoms with E-state index in [1.165, 1.54) is 0 Å². The van der Waals surface area contributed by atoms with Gasteiger partial charge >= 0.3 is 5.97 Å². The van der Waals surface area contributed by atoms with Crippen LogP contribution in [0.25, 0.3) is 33.6 Å². The normalized spacial score (nSPS) is 11.1. The van der Waals surface area contributed by atoms with E-state index in [1.54, 1.807) is 13.0 Å². The molecule has 0 N–H and O–H groups in total. The van der Waals surface area contributed by atoms with Crippen LogP contribution in [-0.2, 0) is 11.3 Å². The molecule has 0 atom stereocenters. The Labute approximate surface area is 197 Å². The number of esters is 1. The van der Waals surface area contributed by atoms with E-state index in [0.717, 1.165) is 33.5 Å². The minimum atomic E-state index is -0.372. The predicted molar refractivity (Wildman–Crippen MR) is 132 cm³/mol. The van der Waals surface area contributed by atoms with Crippen LogP contribution in [0.4, 0.5) is 0 Å². The zero-order valence-corrected chi connectivity index (χ0v) is 18.9. The summed E-state index contributed by atoms with van der Waals surface area (Å²) < 4.78 is 13.7. The van der Waals surface area contributed by atoms with Crippen molar-refractivity contribution in [2.45, 2.75) is 13.5 Å². The molecule has 33 heavy (non-hydrogen) atoms. The summed E-state index contributed by atoms with van der Waals surface area (Å²) in [6.45, 7) is 2.61. The fourth-order valence-electron chi connectivity index (χ4n) is 4.11. The third kappa shape index (κ3) is 4.06. The van der Waals surface area contributed by atoms with Crippen LogP contribution in [0.5, 0.6) is 0 Å². The van der Waals surface area contributed by atoms with Crippen LogP contribution in [0.15, 0.2) is 95.4 Å². The van der Waals surface area contributed by atoms with E-state index < -0.39 is 0 Å². The van der Waals surface area contributed by atoms with Crippen molar-refractivity contribution < 1.29 is 13.9 Å².